The number of nitrogens with one attached hydrogen (secondary N) is 3. The molecule has 0 saturated heterocycles. The largest absolute Gasteiger partial charge is 0.416 e. The number of carbonyl (C=O) groups excluding carboxylic acids is 1. The number of hydrogen-bond donors (Lipinski definition) is 3. The SMILES string of the molecule is O=C(NC(=NC1CCC(Nc2ncccn2)CC1)NC1CCCC1)c1ccc(C(F)(F)F)cc1. The highest BCUT2D eigenvalue weighted by Gasteiger charge is 2.30. The predicted octanol–water partition coefficient (Wildman–Crippen LogP) is 4.54. The Kier molecular flexibility index (Phi) is 7.64. The van der Waals surface area contributed by atoms with Crippen LogP contribution in [-0.2, 0) is 6.18 Å². The average Bonchev–Trinajstić information content (AvgIpc) is 3.33. The van der Waals surface area contributed by atoms with E-state index in [0.717, 1.165) is 63.5 Å². The third-order valence-corrected chi connectivity index (χ3v) is 6.31. The van der Waals surface area contributed by atoms with Gasteiger partial charge in [0.05, 0.1) is 11.6 Å². The minimum atomic E-state index is -4.44. The number of benzene rings is 1. The molecular weight excluding hydrogens is 445 g/mol. The minimum Gasteiger partial charge on any atom is -0.353 e. The quantitative estimate of drug-likeness (QED) is 0.437. The summed E-state index contributed by atoms with van der Waals surface area (Å²) in [6.07, 6.45) is 6.69. The van der Waals surface area contributed by atoms with E-state index in [-0.39, 0.29) is 23.7 Å². The van der Waals surface area contributed by atoms with Crippen molar-refractivity contribution < 1.29 is 18.0 Å². The number of hydrogen-bond acceptors (Lipinski definition) is 5. The Bertz CT molecular complexity index is 966. The van der Waals surface area contributed by atoms with Crippen LogP contribution in [0.15, 0.2) is 47.7 Å². The van der Waals surface area contributed by atoms with Crippen LogP contribution < -0.4 is 16.0 Å². The standard InChI is InChI=1S/C24H29F3N6O/c25-24(26,27)17-8-6-16(7-9-17)21(34)33-23(31-18-4-1-2-5-18)32-20-12-10-19(11-13-20)30-22-28-14-3-15-29-22/h3,6-9,14-15,18-20H,1-2,4-5,10-13H2,(H,28,29,30)(H2,31,32,33,34). The van der Waals surface area contributed by atoms with Gasteiger partial charge >= 0.3 is 6.18 Å². The molecule has 34 heavy (non-hydrogen) atoms. The summed E-state index contributed by atoms with van der Waals surface area (Å²) in [5, 5.41) is 9.50. The maximum atomic E-state index is 12.8. The van der Waals surface area contributed by atoms with Crippen molar-refractivity contribution in [2.45, 2.75) is 75.7 Å². The van der Waals surface area contributed by atoms with Crippen molar-refractivity contribution in [1.82, 2.24) is 20.6 Å². The van der Waals surface area contributed by atoms with E-state index in [1.54, 1.807) is 18.5 Å². The first kappa shape index (κ1) is 24.0. The van der Waals surface area contributed by atoms with Crippen molar-refractivity contribution in [2.75, 3.05) is 5.32 Å². The third-order valence-electron chi connectivity index (χ3n) is 6.31. The highest BCUT2D eigenvalue weighted by atomic mass is 19.4. The van der Waals surface area contributed by atoms with Gasteiger partial charge in [-0.15, -0.1) is 0 Å². The van der Waals surface area contributed by atoms with Gasteiger partial charge in [0.1, 0.15) is 0 Å². The van der Waals surface area contributed by atoms with Gasteiger partial charge in [-0.2, -0.15) is 13.2 Å². The number of rotatable bonds is 5. The molecule has 10 heteroatoms. The first-order chi connectivity index (χ1) is 16.4. The molecule has 2 aliphatic rings. The third kappa shape index (κ3) is 6.68. The van der Waals surface area contributed by atoms with E-state index in [9.17, 15) is 18.0 Å². The minimum absolute atomic E-state index is 0.0477. The molecule has 1 aromatic carbocycles. The van der Waals surface area contributed by atoms with Crippen molar-refractivity contribution in [3.05, 3.63) is 53.9 Å². The number of amides is 1. The number of carbonyl (C=O) groups is 1. The fraction of sp³-hybridized carbons (Fsp3) is 0.500. The van der Waals surface area contributed by atoms with Gasteiger partial charge in [0.25, 0.3) is 5.91 Å². The van der Waals surface area contributed by atoms with Crippen LogP contribution in [0.3, 0.4) is 0 Å². The highest BCUT2D eigenvalue weighted by Crippen LogP contribution is 2.29. The van der Waals surface area contributed by atoms with Crippen molar-refractivity contribution in [3.8, 4) is 0 Å². The summed E-state index contributed by atoms with van der Waals surface area (Å²) >= 11 is 0. The van der Waals surface area contributed by atoms with Gasteiger partial charge in [0, 0.05) is 30.0 Å². The van der Waals surface area contributed by atoms with E-state index in [4.69, 9.17) is 4.99 Å². The van der Waals surface area contributed by atoms with E-state index in [0.29, 0.717) is 11.9 Å². The van der Waals surface area contributed by atoms with Crippen LogP contribution in [0.25, 0.3) is 0 Å². The maximum Gasteiger partial charge on any atom is 0.416 e. The fourth-order valence-electron chi connectivity index (χ4n) is 4.45. The van der Waals surface area contributed by atoms with E-state index >= 15 is 0 Å². The van der Waals surface area contributed by atoms with Crippen LogP contribution in [0.1, 0.15) is 67.3 Å². The van der Waals surface area contributed by atoms with Crippen LogP contribution in [0.2, 0.25) is 0 Å². The van der Waals surface area contributed by atoms with E-state index in [1.165, 1.54) is 12.1 Å². The Hall–Kier alpha value is -3.17. The van der Waals surface area contributed by atoms with E-state index in [1.807, 2.05) is 0 Å². The molecule has 182 valence electrons. The number of nitrogens with zero attached hydrogens (tertiary/aromatic N) is 3. The molecule has 3 N–H and O–H groups in total. The molecule has 0 unspecified atom stereocenters. The normalized spacial score (nSPS) is 21.8. The van der Waals surface area contributed by atoms with Crippen molar-refractivity contribution in [3.63, 3.8) is 0 Å². The fourth-order valence-corrected chi connectivity index (χ4v) is 4.45. The topological polar surface area (TPSA) is 91.3 Å². The molecule has 7 nitrogen and oxygen atoms in total. The van der Waals surface area contributed by atoms with Gasteiger partial charge in [0.2, 0.25) is 5.95 Å². The molecule has 2 aliphatic carbocycles. The lowest BCUT2D eigenvalue weighted by Crippen LogP contribution is -2.46. The number of alkyl halides is 3. The number of aliphatic imine (C=N–C) groups is 1. The van der Waals surface area contributed by atoms with Gasteiger partial charge < -0.3 is 10.6 Å². The first-order valence-corrected chi connectivity index (χ1v) is 11.7. The lowest BCUT2D eigenvalue weighted by atomic mass is 9.91. The van der Waals surface area contributed by atoms with Gasteiger partial charge in [-0.3, -0.25) is 10.1 Å². The summed E-state index contributed by atoms with van der Waals surface area (Å²) in [7, 11) is 0. The van der Waals surface area contributed by atoms with Gasteiger partial charge in [-0.1, -0.05) is 12.8 Å². The van der Waals surface area contributed by atoms with Crippen molar-refractivity contribution >= 4 is 17.8 Å². The Morgan fingerprint density at radius 1 is 0.912 bits per heavy atom. The van der Waals surface area contributed by atoms with Crippen molar-refractivity contribution in [1.29, 1.82) is 0 Å². The average molecular weight is 475 g/mol. The Morgan fingerprint density at radius 3 is 2.18 bits per heavy atom. The summed E-state index contributed by atoms with van der Waals surface area (Å²) in [4.78, 5) is 26.0. The highest BCUT2D eigenvalue weighted by molar-refractivity contribution is 6.05. The van der Waals surface area contributed by atoms with Gasteiger partial charge in [-0.25, -0.2) is 15.0 Å². The zero-order valence-electron chi connectivity index (χ0n) is 18.8. The van der Waals surface area contributed by atoms with Crippen LogP contribution in [0.4, 0.5) is 19.1 Å². The Balaban J connectivity index is 1.39. The number of halogens is 3. The molecule has 0 spiro atoms. The van der Waals surface area contributed by atoms with Crippen LogP contribution >= 0.6 is 0 Å². The summed E-state index contributed by atoms with van der Waals surface area (Å²) in [5.74, 6) is 0.538. The lowest BCUT2D eigenvalue weighted by molar-refractivity contribution is -0.137. The molecule has 0 aliphatic heterocycles. The van der Waals surface area contributed by atoms with E-state index < -0.39 is 17.6 Å². The second-order valence-electron chi connectivity index (χ2n) is 8.85. The molecule has 1 amide bonds. The van der Waals surface area contributed by atoms with E-state index in [2.05, 4.69) is 25.9 Å². The summed E-state index contributed by atoms with van der Waals surface area (Å²) in [6.45, 7) is 0. The molecule has 2 aromatic rings. The second-order valence-corrected chi connectivity index (χ2v) is 8.85. The first-order valence-electron chi connectivity index (χ1n) is 11.7. The molecule has 0 atom stereocenters. The molecule has 0 bridgehead atoms. The molecule has 2 saturated carbocycles. The van der Waals surface area contributed by atoms with Gasteiger partial charge in [0.15, 0.2) is 5.96 Å². The summed E-state index contributed by atoms with van der Waals surface area (Å²) < 4.78 is 38.5. The molecule has 4 rings (SSSR count). The predicted molar refractivity (Wildman–Crippen MR) is 123 cm³/mol. The smallest absolute Gasteiger partial charge is 0.353 e. The zero-order valence-corrected chi connectivity index (χ0v) is 18.8. The molecular formula is C24H29F3N6O. The summed E-state index contributed by atoms with van der Waals surface area (Å²) in [6, 6.07) is 6.53. The summed E-state index contributed by atoms with van der Waals surface area (Å²) in [5.41, 5.74) is -0.627. The number of guanidine groups is 1. The lowest BCUT2D eigenvalue weighted by Gasteiger charge is -2.28. The zero-order chi connectivity index (χ0) is 24.0. The number of anilines is 1. The number of aromatic nitrogens is 2. The Labute approximate surface area is 196 Å². The van der Waals surface area contributed by atoms with Crippen LogP contribution in [0, 0.1) is 0 Å². The second kappa shape index (κ2) is 10.8. The van der Waals surface area contributed by atoms with Gasteiger partial charge in [-0.05, 0) is 68.9 Å². The monoisotopic (exact) mass is 474 g/mol. The van der Waals surface area contributed by atoms with Crippen LogP contribution in [0.5, 0.6) is 0 Å². The molecule has 1 heterocycles. The Morgan fingerprint density at radius 2 is 1.56 bits per heavy atom. The maximum absolute atomic E-state index is 12.8. The molecule has 2 fully saturated rings. The van der Waals surface area contributed by atoms with Crippen LogP contribution in [-0.4, -0.2) is 40.0 Å². The van der Waals surface area contributed by atoms with Crippen molar-refractivity contribution in [2.24, 2.45) is 4.99 Å². The molecule has 0 radical (unpaired) electrons. The molecule has 1 aromatic heterocycles.